The molecule has 1 aromatic rings. The standard InChI is InChI=1S/C14H16FNO5/c1-9(21-11-4-2-3-10(15)7-11)13(17)16-5-6-20-8-12(16)14(18)19/h2-4,7,9,12H,5-6,8H2,1H3,(H,18,19)/t9-,12-/m0/s1. The largest absolute Gasteiger partial charge is 0.481 e. The molecule has 1 heterocycles. The molecule has 0 aromatic heterocycles. The fourth-order valence-corrected chi connectivity index (χ4v) is 2.10. The molecule has 0 spiro atoms. The Morgan fingerprint density at radius 3 is 2.95 bits per heavy atom. The lowest BCUT2D eigenvalue weighted by Gasteiger charge is -2.34. The van der Waals surface area contributed by atoms with Crippen molar-refractivity contribution in [1.29, 1.82) is 0 Å². The molecule has 1 fully saturated rings. The van der Waals surface area contributed by atoms with E-state index in [0.29, 0.717) is 0 Å². The van der Waals surface area contributed by atoms with E-state index in [9.17, 15) is 14.0 Å². The molecule has 21 heavy (non-hydrogen) atoms. The van der Waals surface area contributed by atoms with Crippen molar-refractivity contribution >= 4 is 11.9 Å². The lowest BCUT2D eigenvalue weighted by molar-refractivity contribution is -0.161. The number of nitrogens with zero attached hydrogens (tertiary/aromatic N) is 1. The second-order valence-corrected chi connectivity index (χ2v) is 4.68. The first-order chi connectivity index (χ1) is 9.99. The SMILES string of the molecule is C[C@H](Oc1cccc(F)c1)C(=O)N1CCOC[C@H]1C(=O)O. The molecule has 0 aliphatic carbocycles. The van der Waals surface area contributed by atoms with Gasteiger partial charge in [0.25, 0.3) is 5.91 Å². The van der Waals surface area contributed by atoms with Crippen LogP contribution in [0.25, 0.3) is 0 Å². The predicted octanol–water partition coefficient (Wildman–Crippen LogP) is 0.905. The van der Waals surface area contributed by atoms with E-state index in [4.69, 9.17) is 14.6 Å². The molecule has 2 rings (SSSR count). The van der Waals surface area contributed by atoms with Gasteiger partial charge in [0.2, 0.25) is 0 Å². The maximum Gasteiger partial charge on any atom is 0.328 e. The summed E-state index contributed by atoms with van der Waals surface area (Å²) >= 11 is 0. The predicted molar refractivity (Wildman–Crippen MR) is 70.4 cm³/mol. The number of carboxylic acid groups (broad SMARTS) is 1. The van der Waals surface area contributed by atoms with Crippen molar-refractivity contribution in [1.82, 2.24) is 4.90 Å². The minimum absolute atomic E-state index is 0.0479. The normalized spacial score (nSPS) is 19.9. The summed E-state index contributed by atoms with van der Waals surface area (Å²) < 4.78 is 23.5. The van der Waals surface area contributed by atoms with Crippen molar-refractivity contribution in [3.63, 3.8) is 0 Å². The molecule has 0 radical (unpaired) electrons. The van der Waals surface area contributed by atoms with E-state index in [1.54, 1.807) is 0 Å². The van der Waals surface area contributed by atoms with Crippen LogP contribution in [0.2, 0.25) is 0 Å². The highest BCUT2D eigenvalue weighted by atomic mass is 19.1. The Balaban J connectivity index is 2.05. The maximum absolute atomic E-state index is 13.1. The van der Waals surface area contributed by atoms with Gasteiger partial charge >= 0.3 is 5.97 Å². The minimum atomic E-state index is -1.12. The lowest BCUT2D eigenvalue weighted by Crippen LogP contribution is -2.55. The first-order valence-electron chi connectivity index (χ1n) is 6.52. The Labute approximate surface area is 121 Å². The number of carboxylic acids is 1. The van der Waals surface area contributed by atoms with E-state index < -0.39 is 29.8 Å². The third-order valence-corrected chi connectivity index (χ3v) is 3.15. The fourth-order valence-electron chi connectivity index (χ4n) is 2.10. The second kappa shape index (κ2) is 6.53. The lowest BCUT2D eigenvalue weighted by atomic mass is 10.2. The smallest absolute Gasteiger partial charge is 0.328 e. The van der Waals surface area contributed by atoms with E-state index >= 15 is 0 Å². The molecule has 1 aliphatic rings. The Kier molecular flexibility index (Phi) is 4.74. The first kappa shape index (κ1) is 15.2. The minimum Gasteiger partial charge on any atom is -0.481 e. The van der Waals surface area contributed by atoms with Crippen molar-refractivity contribution in [3.05, 3.63) is 30.1 Å². The summed E-state index contributed by atoms with van der Waals surface area (Å²) in [5.74, 6) is -1.84. The van der Waals surface area contributed by atoms with E-state index in [0.717, 1.165) is 6.07 Å². The Morgan fingerprint density at radius 2 is 2.29 bits per heavy atom. The van der Waals surface area contributed by atoms with Crippen molar-refractivity contribution < 1.29 is 28.6 Å². The molecule has 1 aliphatic heterocycles. The first-order valence-corrected chi connectivity index (χ1v) is 6.52. The zero-order valence-electron chi connectivity index (χ0n) is 11.5. The number of amides is 1. The molecule has 1 N–H and O–H groups in total. The van der Waals surface area contributed by atoms with E-state index in [-0.39, 0.29) is 25.5 Å². The number of morpholine rings is 1. The summed E-state index contributed by atoms with van der Waals surface area (Å²) in [6.45, 7) is 1.92. The molecule has 1 amide bonds. The summed E-state index contributed by atoms with van der Waals surface area (Å²) in [6.07, 6.45) is -0.910. The number of hydrogen-bond acceptors (Lipinski definition) is 4. The van der Waals surface area contributed by atoms with Crippen LogP contribution in [0.3, 0.4) is 0 Å². The van der Waals surface area contributed by atoms with Gasteiger partial charge in [-0.25, -0.2) is 9.18 Å². The average molecular weight is 297 g/mol. The monoisotopic (exact) mass is 297 g/mol. The molecule has 0 bridgehead atoms. The summed E-state index contributed by atoms with van der Waals surface area (Å²) in [4.78, 5) is 24.6. The Morgan fingerprint density at radius 1 is 1.52 bits per heavy atom. The van der Waals surface area contributed by atoms with Crippen LogP contribution in [-0.2, 0) is 14.3 Å². The van der Waals surface area contributed by atoms with Crippen LogP contribution in [0.15, 0.2) is 24.3 Å². The quantitative estimate of drug-likeness (QED) is 0.894. The molecule has 114 valence electrons. The maximum atomic E-state index is 13.1. The van der Waals surface area contributed by atoms with Crippen LogP contribution in [0, 0.1) is 5.82 Å². The summed E-state index contributed by atoms with van der Waals surface area (Å²) in [5.41, 5.74) is 0. The molecule has 2 atom stereocenters. The van der Waals surface area contributed by atoms with Gasteiger partial charge in [-0.15, -0.1) is 0 Å². The van der Waals surface area contributed by atoms with E-state index in [1.807, 2.05) is 0 Å². The van der Waals surface area contributed by atoms with Crippen LogP contribution in [-0.4, -0.2) is 53.8 Å². The Bertz CT molecular complexity index is 536. The van der Waals surface area contributed by atoms with Gasteiger partial charge in [-0.2, -0.15) is 0 Å². The number of carbonyl (C=O) groups excluding carboxylic acids is 1. The van der Waals surface area contributed by atoms with Crippen molar-refractivity contribution in [2.45, 2.75) is 19.1 Å². The van der Waals surface area contributed by atoms with Crippen LogP contribution in [0.4, 0.5) is 4.39 Å². The van der Waals surface area contributed by atoms with Gasteiger partial charge < -0.3 is 19.5 Å². The van der Waals surface area contributed by atoms with Crippen molar-refractivity contribution in [2.24, 2.45) is 0 Å². The van der Waals surface area contributed by atoms with Crippen LogP contribution in [0.5, 0.6) is 5.75 Å². The zero-order chi connectivity index (χ0) is 15.4. The number of rotatable bonds is 4. The fraction of sp³-hybridized carbons (Fsp3) is 0.429. The van der Waals surface area contributed by atoms with Crippen LogP contribution >= 0.6 is 0 Å². The zero-order valence-corrected chi connectivity index (χ0v) is 11.5. The van der Waals surface area contributed by atoms with Gasteiger partial charge in [0.15, 0.2) is 12.1 Å². The topological polar surface area (TPSA) is 76.1 Å². The van der Waals surface area contributed by atoms with Crippen LogP contribution in [0.1, 0.15) is 6.92 Å². The average Bonchev–Trinajstić information content (AvgIpc) is 2.46. The molecule has 1 saturated heterocycles. The highest BCUT2D eigenvalue weighted by molar-refractivity contribution is 5.86. The van der Waals surface area contributed by atoms with Crippen molar-refractivity contribution in [2.75, 3.05) is 19.8 Å². The number of carbonyl (C=O) groups is 2. The van der Waals surface area contributed by atoms with Gasteiger partial charge in [-0.05, 0) is 19.1 Å². The van der Waals surface area contributed by atoms with Gasteiger partial charge in [0.1, 0.15) is 11.6 Å². The number of ether oxygens (including phenoxy) is 2. The molecule has 1 aromatic carbocycles. The summed E-state index contributed by atoms with van der Waals surface area (Å²) in [5, 5.41) is 9.10. The summed E-state index contributed by atoms with van der Waals surface area (Å²) in [6, 6.07) is 4.40. The molecule has 7 heteroatoms. The molecule has 0 saturated carbocycles. The molecule has 0 unspecified atom stereocenters. The molecular formula is C14H16FNO5. The third kappa shape index (κ3) is 3.69. The molecule has 6 nitrogen and oxygen atoms in total. The number of benzene rings is 1. The number of halogens is 1. The molecular weight excluding hydrogens is 281 g/mol. The van der Waals surface area contributed by atoms with E-state index in [1.165, 1.54) is 30.0 Å². The number of aliphatic carboxylic acids is 1. The highest BCUT2D eigenvalue weighted by Crippen LogP contribution is 2.16. The van der Waals surface area contributed by atoms with Gasteiger partial charge in [-0.3, -0.25) is 4.79 Å². The number of hydrogen-bond donors (Lipinski definition) is 1. The Hall–Kier alpha value is -2.15. The van der Waals surface area contributed by atoms with Crippen molar-refractivity contribution in [3.8, 4) is 5.75 Å². The highest BCUT2D eigenvalue weighted by Gasteiger charge is 2.35. The van der Waals surface area contributed by atoms with Gasteiger partial charge in [-0.1, -0.05) is 6.07 Å². The van der Waals surface area contributed by atoms with E-state index in [2.05, 4.69) is 0 Å². The van der Waals surface area contributed by atoms with Crippen LogP contribution < -0.4 is 4.74 Å². The third-order valence-electron chi connectivity index (χ3n) is 3.15. The summed E-state index contributed by atoms with van der Waals surface area (Å²) in [7, 11) is 0. The second-order valence-electron chi connectivity index (χ2n) is 4.68. The van der Waals surface area contributed by atoms with Gasteiger partial charge in [0.05, 0.1) is 13.2 Å². The van der Waals surface area contributed by atoms with Gasteiger partial charge in [0, 0.05) is 12.6 Å².